The normalized spacial score (nSPS) is 36.5. The van der Waals surface area contributed by atoms with E-state index in [2.05, 4.69) is 16.0 Å². The molecule has 0 aromatic carbocycles. The van der Waals surface area contributed by atoms with Gasteiger partial charge in [0.2, 0.25) is 0 Å². The maximum absolute atomic E-state index is 12.2. The van der Waals surface area contributed by atoms with Gasteiger partial charge < -0.3 is 121 Å². The number of nitrogens with one attached hydrogen (secondary N) is 3. The molecule has 62 heavy (non-hydrogen) atoms. The van der Waals surface area contributed by atoms with Crippen LogP contribution >= 0.6 is 0 Å². The summed E-state index contributed by atoms with van der Waals surface area (Å²) in [5, 5.41) is 157. The number of hydrogen-bond donors (Lipinski definition) is 18. The summed E-state index contributed by atoms with van der Waals surface area (Å²) in [5.74, 6) is -0.958. The molecule has 25 nitrogen and oxygen atoms in total. The molecule has 0 bridgehead atoms. The van der Waals surface area contributed by atoms with Gasteiger partial charge in [0, 0.05) is 24.2 Å². The van der Waals surface area contributed by atoms with Gasteiger partial charge in [-0.05, 0) is 54.5 Å². The lowest BCUT2D eigenvalue weighted by atomic mass is 9.97. The van der Waals surface area contributed by atoms with Gasteiger partial charge in [-0.3, -0.25) is 4.79 Å². The minimum atomic E-state index is -2.07. The van der Waals surface area contributed by atoms with Gasteiger partial charge in [0.15, 0.2) is 25.0 Å². The molecule has 3 saturated heterocycles. The van der Waals surface area contributed by atoms with Crippen molar-refractivity contribution in [2.45, 2.75) is 176 Å². The molecule has 19 atom stereocenters. The highest BCUT2D eigenvalue weighted by molar-refractivity contribution is 5.81. The molecular weight excluding hydrogens is 838 g/mol. The fourth-order valence-electron chi connectivity index (χ4n) is 6.33. The molecule has 3 rings (SSSR count). The fraction of sp³-hybridized carbons (Fsp3) is 0.973. The van der Waals surface area contributed by atoms with Crippen LogP contribution in [0.25, 0.3) is 0 Å². The monoisotopic (exact) mass is 911 g/mol. The van der Waals surface area contributed by atoms with Gasteiger partial charge in [0.25, 0.3) is 5.91 Å². The van der Waals surface area contributed by atoms with E-state index in [1.54, 1.807) is 0 Å². The van der Waals surface area contributed by atoms with Crippen LogP contribution in [-0.2, 0) is 33.2 Å². The molecule has 6 unspecified atom stereocenters. The molecule has 18 N–H and O–H groups in total. The Labute approximate surface area is 359 Å². The van der Waals surface area contributed by atoms with Crippen molar-refractivity contribution < 1.29 is 110 Å². The first-order valence-electron chi connectivity index (χ1n) is 20.4. The molecule has 25 heteroatoms. The van der Waals surface area contributed by atoms with Crippen LogP contribution in [-0.4, -0.2) is 263 Å². The van der Waals surface area contributed by atoms with Gasteiger partial charge in [-0.25, -0.2) is 0 Å². The van der Waals surface area contributed by atoms with Crippen LogP contribution < -0.4 is 16.0 Å². The van der Waals surface area contributed by atoms with Crippen molar-refractivity contribution in [1.29, 1.82) is 0 Å². The van der Waals surface area contributed by atoms with Crippen LogP contribution in [0.3, 0.4) is 0 Å². The van der Waals surface area contributed by atoms with Crippen LogP contribution in [0.15, 0.2) is 0 Å². The average molecular weight is 912 g/mol. The largest absolute Gasteiger partial charge is 0.394 e. The Hall–Kier alpha value is -1.45. The Bertz CT molecular complexity index is 1260. The Balaban J connectivity index is 0.000000427. The first-order valence-corrected chi connectivity index (χ1v) is 20.4. The summed E-state index contributed by atoms with van der Waals surface area (Å²) in [6.45, 7) is 10.3. The van der Waals surface area contributed by atoms with Gasteiger partial charge in [-0.2, -0.15) is 0 Å². The summed E-state index contributed by atoms with van der Waals surface area (Å²) in [7, 11) is 0. The maximum Gasteiger partial charge on any atom is 0.251 e. The molecular formula is C37H73N3O22. The molecule has 368 valence electrons. The van der Waals surface area contributed by atoms with E-state index >= 15 is 0 Å². The SMILES string of the molecule is CC(C)(C)NCCCNC(=O)[C@H](O)[C@@H](O)[C@H](O[C@@H]1OC(CO)[C@H](O)[C@H](O)C1O)[C@H](O)CO.CC(C)(C)NCCO[C@@H]1OC(CO)[C@@H](O[C@H]2OC(CO)[C@@H](O)[C@H](O)C2O)[C@H](O)C1O. The first kappa shape index (κ1) is 56.7. The second-order valence-electron chi connectivity index (χ2n) is 17.4. The van der Waals surface area contributed by atoms with Crippen molar-refractivity contribution in [2.24, 2.45) is 0 Å². The minimum Gasteiger partial charge on any atom is -0.394 e. The summed E-state index contributed by atoms with van der Waals surface area (Å²) in [4.78, 5) is 12.2. The van der Waals surface area contributed by atoms with Crippen LogP contribution in [0.4, 0.5) is 0 Å². The zero-order valence-corrected chi connectivity index (χ0v) is 35.9. The highest BCUT2D eigenvalue weighted by Crippen LogP contribution is 2.30. The standard InChI is InChI=1S/C19H38N2O11.C18H35NO11/c1-19(2,3)21-6-4-5-20-17(30)14(28)13(27)16(9(24)7-22)32-18-15(29)12(26)11(25)10(8-23)31-18;1-18(2,3)19-4-5-27-16-14(26)12(24)15(9(7-21)29-16)30-17-13(25)11(23)10(22)8(6-20)28-17/h9-16,18,21-29H,4-8H2,1-3H3,(H,20,30);8-17,19-26H,4-7H2,1-3H3/t9-,10?,11+,12+,13-,14-,15?,16-,18+;8?,9?,10-,11+,12-,13?,14?,15-,16-,17-/m11/s1. The predicted octanol–water partition coefficient (Wildman–Crippen LogP) is -8.84. The van der Waals surface area contributed by atoms with E-state index in [1.165, 1.54) is 0 Å². The summed E-state index contributed by atoms with van der Waals surface area (Å²) in [6.07, 6.45) is -30.2. The summed E-state index contributed by atoms with van der Waals surface area (Å²) >= 11 is 0. The van der Waals surface area contributed by atoms with Gasteiger partial charge in [0.05, 0.1) is 33.0 Å². The van der Waals surface area contributed by atoms with E-state index in [0.717, 1.165) is 0 Å². The van der Waals surface area contributed by atoms with E-state index in [-0.39, 0.29) is 24.2 Å². The second-order valence-corrected chi connectivity index (χ2v) is 17.4. The molecule has 3 aliphatic heterocycles. The topological polar surface area (TPSA) is 412 Å². The van der Waals surface area contributed by atoms with Gasteiger partial charge >= 0.3 is 0 Å². The smallest absolute Gasteiger partial charge is 0.251 e. The Morgan fingerprint density at radius 1 is 0.597 bits per heavy atom. The molecule has 1 amide bonds. The molecule has 0 aromatic heterocycles. The number of carbonyl (C=O) groups is 1. The van der Waals surface area contributed by atoms with Crippen LogP contribution in [0.5, 0.6) is 0 Å². The maximum atomic E-state index is 12.2. The summed E-state index contributed by atoms with van der Waals surface area (Å²) in [5.41, 5.74) is -0.234. The number of rotatable bonds is 20. The van der Waals surface area contributed by atoms with Crippen LogP contribution in [0, 0.1) is 0 Å². The van der Waals surface area contributed by atoms with Crippen LogP contribution in [0.1, 0.15) is 48.0 Å². The third kappa shape index (κ3) is 16.8. The molecule has 0 aliphatic carbocycles. The van der Waals surface area contributed by atoms with Crippen molar-refractivity contribution in [2.75, 3.05) is 52.7 Å². The zero-order valence-electron chi connectivity index (χ0n) is 35.9. The lowest BCUT2D eigenvalue weighted by Gasteiger charge is -2.46. The third-order valence-electron chi connectivity index (χ3n) is 9.94. The Morgan fingerprint density at radius 2 is 1.06 bits per heavy atom. The molecule has 0 saturated carbocycles. The molecule has 0 aromatic rings. The second kappa shape index (κ2) is 26.0. The van der Waals surface area contributed by atoms with Crippen molar-refractivity contribution >= 4 is 5.91 Å². The number of hydrogen-bond acceptors (Lipinski definition) is 24. The minimum absolute atomic E-state index is 0.102. The number of aliphatic hydroxyl groups excluding tert-OH is 15. The molecule has 0 spiro atoms. The number of carbonyl (C=O) groups excluding carboxylic acids is 1. The third-order valence-corrected chi connectivity index (χ3v) is 9.94. The molecule has 3 heterocycles. The zero-order chi connectivity index (χ0) is 47.3. The predicted molar refractivity (Wildman–Crippen MR) is 209 cm³/mol. The van der Waals surface area contributed by atoms with E-state index in [9.17, 15) is 81.4 Å². The lowest BCUT2D eigenvalue weighted by Crippen LogP contribution is -2.64. The van der Waals surface area contributed by atoms with Crippen molar-refractivity contribution in [3.8, 4) is 0 Å². The number of ether oxygens (including phenoxy) is 6. The van der Waals surface area contributed by atoms with Crippen molar-refractivity contribution in [1.82, 2.24) is 16.0 Å². The van der Waals surface area contributed by atoms with E-state index < -0.39 is 149 Å². The Kier molecular flexibility index (Phi) is 23.8. The summed E-state index contributed by atoms with van der Waals surface area (Å²) in [6, 6.07) is 0. The van der Waals surface area contributed by atoms with Gasteiger partial charge in [0.1, 0.15) is 91.6 Å². The number of aliphatic hydroxyl groups is 15. The highest BCUT2D eigenvalue weighted by Gasteiger charge is 2.51. The molecule has 3 aliphatic rings. The van der Waals surface area contributed by atoms with Gasteiger partial charge in [-0.1, -0.05) is 0 Å². The van der Waals surface area contributed by atoms with Gasteiger partial charge in [-0.15, -0.1) is 0 Å². The van der Waals surface area contributed by atoms with E-state index in [4.69, 9.17) is 28.4 Å². The molecule has 0 radical (unpaired) electrons. The quantitative estimate of drug-likeness (QED) is 0.0504. The molecule has 3 fully saturated rings. The van der Waals surface area contributed by atoms with Crippen molar-refractivity contribution in [3.05, 3.63) is 0 Å². The van der Waals surface area contributed by atoms with E-state index in [1.807, 2.05) is 41.5 Å². The van der Waals surface area contributed by atoms with Crippen LogP contribution in [0.2, 0.25) is 0 Å². The highest BCUT2D eigenvalue weighted by atomic mass is 16.7. The summed E-state index contributed by atoms with van der Waals surface area (Å²) < 4.78 is 32.1. The average Bonchev–Trinajstić information content (AvgIpc) is 3.22. The first-order chi connectivity index (χ1) is 28.8. The fourth-order valence-corrected chi connectivity index (χ4v) is 6.33. The lowest BCUT2D eigenvalue weighted by molar-refractivity contribution is -0.359. The van der Waals surface area contributed by atoms with E-state index in [0.29, 0.717) is 19.5 Å². The van der Waals surface area contributed by atoms with Crippen molar-refractivity contribution in [3.63, 3.8) is 0 Å². The Morgan fingerprint density at radius 3 is 1.56 bits per heavy atom. The number of amides is 1.